The van der Waals surface area contributed by atoms with Crippen molar-refractivity contribution >= 4 is 28.0 Å². The zero-order valence-electron chi connectivity index (χ0n) is 16.2. The summed E-state index contributed by atoms with van der Waals surface area (Å²) in [6, 6.07) is 37.8. The summed E-state index contributed by atoms with van der Waals surface area (Å²) in [5, 5.41) is 1.14. The smallest absolute Gasteiger partial charge is 0.135 e. The van der Waals surface area contributed by atoms with Gasteiger partial charge in [0.15, 0.2) is 0 Å². The molecule has 5 aromatic rings. The average Bonchev–Trinajstić information content (AvgIpc) is 3.19. The fourth-order valence-corrected chi connectivity index (χ4v) is 3.68. The third-order valence-electron chi connectivity index (χ3n) is 5.11. The topological polar surface area (TPSA) is 16.4 Å². The van der Waals surface area contributed by atoms with Gasteiger partial charge in [-0.2, -0.15) is 0 Å². The third kappa shape index (κ3) is 3.41. The monoisotopic (exact) mass is 375 g/mol. The minimum Gasteiger partial charge on any atom is -0.456 e. The van der Waals surface area contributed by atoms with Crippen LogP contribution in [-0.4, -0.2) is 0 Å². The van der Waals surface area contributed by atoms with Crippen LogP contribution < -0.4 is 4.90 Å². The molecule has 0 N–H and O–H groups in total. The van der Waals surface area contributed by atoms with E-state index in [1.54, 1.807) is 0 Å². The van der Waals surface area contributed by atoms with Crippen molar-refractivity contribution in [2.24, 2.45) is 0 Å². The quantitative estimate of drug-likeness (QED) is 0.318. The van der Waals surface area contributed by atoms with Crippen LogP contribution >= 0.6 is 0 Å². The summed E-state index contributed by atoms with van der Waals surface area (Å²) >= 11 is 0. The summed E-state index contributed by atoms with van der Waals surface area (Å²) in [6.07, 6.45) is 0. The number of hydrogen-bond donors (Lipinski definition) is 0. The lowest BCUT2D eigenvalue weighted by molar-refractivity contribution is 0.631. The molecule has 0 fully saturated rings. The Morgan fingerprint density at radius 1 is 0.586 bits per heavy atom. The Morgan fingerprint density at radius 3 is 1.79 bits per heavy atom. The Balaban J connectivity index is 1.54. The molecular formula is C27H21NO. The highest BCUT2D eigenvalue weighted by Crippen LogP contribution is 2.36. The Morgan fingerprint density at radius 2 is 1.17 bits per heavy atom. The van der Waals surface area contributed by atoms with Gasteiger partial charge in [-0.1, -0.05) is 48.0 Å². The van der Waals surface area contributed by atoms with E-state index in [-0.39, 0.29) is 0 Å². The molecule has 4 aromatic carbocycles. The summed E-state index contributed by atoms with van der Waals surface area (Å²) in [4.78, 5) is 2.26. The molecule has 0 aliphatic rings. The Hall–Kier alpha value is -3.78. The first kappa shape index (κ1) is 17.3. The number of hydrogen-bond acceptors (Lipinski definition) is 2. The van der Waals surface area contributed by atoms with Crippen molar-refractivity contribution in [3.05, 3.63) is 115 Å². The van der Waals surface area contributed by atoms with E-state index in [0.29, 0.717) is 0 Å². The van der Waals surface area contributed by atoms with Gasteiger partial charge in [-0.3, -0.25) is 0 Å². The normalized spacial score (nSPS) is 10.9. The third-order valence-corrected chi connectivity index (χ3v) is 5.11. The first-order chi connectivity index (χ1) is 14.3. The fraction of sp³-hybridized carbons (Fsp3) is 0.0370. The fourth-order valence-electron chi connectivity index (χ4n) is 3.68. The molecule has 0 amide bonds. The number of furan rings is 1. The first-order valence-corrected chi connectivity index (χ1v) is 9.79. The summed E-state index contributed by atoms with van der Waals surface area (Å²) in [5.74, 6) is 0.892. The summed E-state index contributed by atoms with van der Waals surface area (Å²) < 4.78 is 6.07. The van der Waals surface area contributed by atoms with E-state index in [2.05, 4.69) is 103 Å². The van der Waals surface area contributed by atoms with E-state index in [0.717, 1.165) is 39.4 Å². The molecule has 1 heterocycles. The van der Waals surface area contributed by atoms with Gasteiger partial charge in [0.2, 0.25) is 0 Å². The van der Waals surface area contributed by atoms with Gasteiger partial charge in [0, 0.05) is 28.0 Å². The number of nitrogens with zero attached hydrogens (tertiary/aromatic N) is 1. The molecule has 0 bridgehead atoms. The van der Waals surface area contributed by atoms with Gasteiger partial charge >= 0.3 is 0 Å². The van der Waals surface area contributed by atoms with E-state index < -0.39 is 0 Å². The van der Waals surface area contributed by atoms with Crippen molar-refractivity contribution in [1.82, 2.24) is 0 Å². The standard InChI is InChI=1S/C27H21NO/c1-20-12-17-26-22(18-20)19-27(29-26)21-13-15-25(16-14-21)28(23-8-4-2-5-9-23)24-10-6-3-7-11-24/h2-19H,1H3. The minimum absolute atomic E-state index is 0.892. The molecule has 29 heavy (non-hydrogen) atoms. The van der Waals surface area contributed by atoms with Crippen molar-refractivity contribution < 1.29 is 4.42 Å². The van der Waals surface area contributed by atoms with Gasteiger partial charge in [-0.05, 0) is 73.7 Å². The molecular weight excluding hydrogens is 354 g/mol. The van der Waals surface area contributed by atoms with Crippen LogP contribution in [0.1, 0.15) is 5.56 Å². The largest absolute Gasteiger partial charge is 0.456 e. The van der Waals surface area contributed by atoms with Crippen LogP contribution in [-0.2, 0) is 0 Å². The van der Waals surface area contributed by atoms with Gasteiger partial charge in [0.25, 0.3) is 0 Å². The number of rotatable bonds is 4. The SMILES string of the molecule is Cc1ccc2oc(-c3ccc(N(c4ccccc4)c4ccccc4)cc3)cc2c1. The predicted octanol–water partition coefficient (Wildman–Crippen LogP) is 7.88. The Labute approximate surface area is 170 Å². The summed E-state index contributed by atoms with van der Waals surface area (Å²) in [5.41, 5.74) is 6.60. The van der Waals surface area contributed by atoms with Crippen molar-refractivity contribution in [3.8, 4) is 11.3 Å². The van der Waals surface area contributed by atoms with E-state index in [1.807, 2.05) is 18.2 Å². The zero-order chi connectivity index (χ0) is 19.6. The molecule has 1 aromatic heterocycles. The average molecular weight is 375 g/mol. The molecule has 0 aliphatic carbocycles. The van der Waals surface area contributed by atoms with E-state index >= 15 is 0 Å². The Kier molecular flexibility index (Phi) is 4.38. The number of benzene rings is 4. The lowest BCUT2D eigenvalue weighted by Gasteiger charge is -2.25. The molecule has 0 saturated heterocycles. The van der Waals surface area contributed by atoms with Crippen molar-refractivity contribution in [2.45, 2.75) is 6.92 Å². The highest BCUT2D eigenvalue weighted by atomic mass is 16.3. The minimum atomic E-state index is 0.892. The lowest BCUT2D eigenvalue weighted by Crippen LogP contribution is -2.09. The molecule has 0 unspecified atom stereocenters. The Bertz CT molecular complexity index is 1200. The number of aryl methyl sites for hydroxylation is 1. The van der Waals surface area contributed by atoms with Crippen LogP contribution in [0.4, 0.5) is 17.1 Å². The molecule has 0 saturated carbocycles. The molecule has 2 nitrogen and oxygen atoms in total. The van der Waals surface area contributed by atoms with Crippen LogP contribution in [0.2, 0.25) is 0 Å². The van der Waals surface area contributed by atoms with Gasteiger partial charge in [-0.25, -0.2) is 0 Å². The van der Waals surface area contributed by atoms with Crippen LogP contribution in [0.15, 0.2) is 114 Å². The molecule has 0 spiro atoms. The van der Waals surface area contributed by atoms with Crippen LogP contribution in [0.3, 0.4) is 0 Å². The molecule has 5 rings (SSSR count). The second-order valence-electron chi connectivity index (χ2n) is 7.21. The molecule has 0 radical (unpaired) electrons. The van der Waals surface area contributed by atoms with Gasteiger partial charge in [0.1, 0.15) is 11.3 Å². The highest BCUT2D eigenvalue weighted by Gasteiger charge is 2.13. The maximum Gasteiger partial charge on any atom is 0.135 e. The summed E-state index contributed by atoms with van der Waals surface area (Å²) in [6.45, 7) is 2.10. The van der Waals surface area contributed by atoms with Gasteiger partial charge < -0.3 is 9.32 Å². The molecule has 0 atom stereocenters. The van der Waals surface area contributed by atoms with E-state index in [9.17, 15) is 0 Å². The van der Waals surface area contributed by atoms with Gasteiger partial charge in [-0.15, -0.1) is 0 Å². The molecule has 0 aliphatic heterocycles. The highest BCUT2D eigenvalue weighted by molar-refractivity contribution is 5.84. The maximum atomic E-state index is 6.07. The maximum absolute atomic E-state index is 6.07. The van der Waals surface area contributed by atoms with Crippen LogP contribution in [0.25, 0.3) is 22.3 Å². The van der Waals surface area contributed by atoms with Crippen molar-refractivity contribution in [3.63, 3.8) is 0 Å². The van der Waals surface area contributed by atoms with Gasteiger partial charge in [0.05, 0.1) is 0 Å². The van der Waals surface area contributed by atoms with E-state index in [1.165, 1.54) is 5.56 Å². The summed E-state index contributed by atoms with van der Waals surface area (Å²) in [7, 11) is 0. The van der Waals surface area contributed by atoms with Crippen LogP contribution in [0, 0.1) is 6.92 Å². The zero-order valence-corrected chi connectivity index (χ0v) is 16.2. The van der Waals surface area contributed by atoms with E-state index in [4.69, 9.17) is 4.42 Å². The molecule has 140 valence electrons. The first-order valence-electron chi connectivity index (χ1n) is 9.79. The number of anilines is 3. The number of fused-ring (bicyclic) bond motifs is 1. The van der Waals surface area contributed by atoms with Crippen LogP contribution in [0.5, 0.6) is 0 Å². The second-order valence-corrected chi connectivity index (χ2v) is 7.21. The van der Waals surface area contributed by atoms with Crippen molar-refractivity contribution in [1.29, 1.82) is 0 Å². The molecule has 2 heteroatoms. The lowest BCUT2D eigenvalue weighted by atomic mass is 10.1. The van der Waals surface area contributed by atoms with Crippen molar-refractivity contribution in [2.75, 3.05) is 4.90 Å². The second kappa shape index (κ2) is 7.33. The predicted molar refractivity (Wildman–Crippen MR) is 121 cm³/mol. The number of para-hydroxylation sites is 2.